The van der Waals surface area contributed by atoms with Gasteiger partial charge in [0.25, 0.3) is 0 Å². The zero-order valence-electron chi connectivity index (χ0n) is 9.37. The molecule has 4 nitrogen and oxygen atoms in total. The molecule has 0 radical (unpaired) electrons. The van der Waals surface area contributed by atoms with Gasteiger partial charge in [0, 0.05) is 18.4 Å². The van der Waals surface area contributed by atoms with Crippen LogP contribution in [0.15, 0.2) is 0 Å². The predicted octanol–water partition coefficient (Wildman–Crippen LogP) is 0.580. The van der Waals surface area contributed by atoms with Crippen molar-refractivity contribution in [2.24, 2.45) is 0 Å². The van der Waals surface area contributed by atoms with E-state index in [1.165, 1.54) is 12.8 Å². The van der Waals surface area contributed by atoms with Crippen molar-refractivity contribution >= 4 is 9.84 Å². The summed E-state index contributed by atoms with van der Waals surface area (Å²) in [6.07, 6.45) is 3.01. The smallest absolute Gasteiger partial charge is 0.150 e. The minimum atomic E-state index is -2.81. The molecule has 5 heteroatoms. The molecule has 0 bridgehead atoms. The molecule has 1 aliphatic heterocycles. The van der Waals surface area contributed by atoms with E-state index < -0.39 is 9.84 Å². The summed E-state index contributed by atoms with van der Waals surface area (Å²) in [7, 11) is -2.81. The second-order valence-electron chi connectivity index (χ2n) is 3.96. The van der Waals surface area contributed by atoms with E-state index >= 15 is 0 Å². The lowest BCUT2D eigenvalue weighted by Crippen LogP contribution is -2.27. The molecule has 0 aromatic heterocycles. The standard InChI is InChI=1S/C10H21NO3S/c1-2-15(12,13)8-4-7-14-9-10-5-3-6-11-10/h10-11H,2-9H2,1H3. The van der Waals surface area contributed by atoms with Crippen LogP contribution in [0.2, 0.25) is 0 Å². The van der Waals surface area contributed by atoms with Crippen molar-refractivity contribution in [2.45, 2.75) is 32.2 Å². The van der Waals surface area contributed by atoms with Gasteiger partial charge in [0.15, 0.2) is 0 Å². The first-order valence-corrected chi connectivity index (χ1v) is 7.48. The quantitative estimate of drug-likeness (QED) is 0.656. The first-order valence-electron chi connectivity index (χ1n) is 5.65. The van der Waals surface area contributed by atoms with Crippen molar-refractivity contribution in [1.29, 1.82) is 0 Å². The van der Waals surface area contributed by atoms with Crippen molar-refractivity contribution in [3.05, 3.63) is 0 Å². The molecular formula is C10H21NO3S. The van der Waals surface area contributed by atoms with Crippen molar-refractivity contribution in [1.82, 2.24) is 5.32 Å². The molecular weight excluding hydrogens is 214 g/mol. The Morgan fingerprint density at radius 2 is 2.27 bits per heavy atom. The largest absolute Gasteiger partial charge is 0.380 e. The summed E-state index contributed by atoms with van der Waals surface area (Å²) in [5.41, 5.74) is 0. The minimum Gasteiger partial charge on any atom is -0.380 e. The highest BCUT2D eigenvalue weighted by Crippen LogP contribution is 2.05. The SMILES string of the molecule is CCS(=O)(=O)CCCOCC1CCCN1. The Bertz CT molecular complexity index is 258. The van der Waals surface area contributed by atoms with Gasteiger partial charge >= 0.3 is 0 Å². The van der Waals surface area contributed by atoms with Gasteiger partial charge in [0.2, 0.25) is 0 Å². The van der Waals surface area contributed by atoms with Gasteiger partial charge in [-0.2, -0.15) is 0 Å². The number of hydrogen-bond donors (Lipinski definition) is 1. The zero-order valence-corrected chi connectivity index (χ0v) is 10.2. The second kappa shape index (κ2) is 6.45. The summed E-state index contributed by atoms with van der Waals surface area (Å²) in [6, 6.07) is 0.479. The Hall–Kier alpha value is -0.130. The molecule has 1 atom stereocenters. The van der Waals surface area contributed by atoms with E-state index in [0.29, 0.717) is 25.7 Å². The molecule has 15 heavy (non-hydrogen) atoms. The van der Waals surface area contributed by atoms with Gasteiger partial charge in [0.1, 0.15) is 9.84 Å². The maximum Gasteiger partial charge on any atom is 0.150 e. The highest BCUT2D eigenvalue weighted by Gasteiger charge is 2.13. The first-order chi connectivity index (χ1) is 7.14. The van der Waals surface area contributed by atoms with Crippen LogP contribution in [0.1, 0.15) is 26.2 Å². The van der Waals surface area contributed by atoms with Crippen LogP contribution in [0.5, 0.6) is 0 Å². The fourth-order valence-electron chi connectivity index (χ4n) is 1.65. The molecule has 0 spiro atoms. The maximum absolute atomic E-state index is 11.2. The molecule has 0 aliphatic carbocycles. The van der Waals surface area contributed by atoms with Crippen LogP contribution in [0.4, 0.5) is 0 Å². The van der Waals surface area contributed by atoms with Crippen LogP contribution in [0.3, 0.4) is 0 Å². The maximum atomic E-state index is 11.2. The Labute approximate surface area is 92.3 Å². The lowest BCUT2D eigenvalue weighted by molar-refractivity contribution is 0.117. The summed E-state index contributed by atoms with van der Waals surface area (Å²) in [5.74, 6) is 0.485. The summed E-state index contributed by atoms with van der Waals surface area (Å²) in [5, 5.41) is 3.33. The Kier molecular flexibility index (Phi) is 5.56. The van der Waals surface area contributed by atoms with Crippen molar-refractivity contribution in [3.63, 3.8) is 0 Å². The average Bonchev–Trinajstić information content (AvgIpc) is 2.70. The van der Waals surface area contributed by atoms with E-state index in [-0.39, 0.29) is 11.5 Å². The molecule has 0 saturated carbocycles. The van der Waals surface area contributed by atoms with E-state index in [2.05, 4.69) is 5.32 Å². The molecule has 0 aromatic carbocycles. The summed E-state index contributed by atoms with van der Waals surface area (Å²) in [4.78, 5) is 0. The third-order valence-electron chi connectivity index (χ3n) is 2.67. The van der Waals surface area contributed by atoms with Gasteiger partial charge in [-0.15, -0.1) is 0 Å². The van der Waals surface area contributed by atoms with Gasteiger partial charge in [-0.05, 0) is 25.8 Å². The van der Waals surface area contributed by atoms with Gasteiger partial charge < -0.3 is 10.1 Å². The highest BCUT2D eigenvalue weighted by molar-refractivity contribution is 7.91. The molecule has 1 saturated heterocycles. The number of sulfone groups is 1. The lowest BCUT2D eigenvalue weighted by atomic mass is 10.2. The zero-order chi connectivity index (χ0) is 11.1. The van der Waals surface area contributed by atoms with Crippen LogP contribution in [0.25, 0.3) is 0 Å². The molecule has 1 rings (SSSR count). The normalized spacial score (nSPS) is 22.1. The van der Waals surface area contributed by atoms with E-state index in [1.807, 2.05) is 0 Å². The van der Waals surface area contributed by atoms with Crippen LogP contribution in [0, 0.1) is 0 Å². The summed E-state index contributed by atoms with van der Waals surface area (Å²) in [6.45, 7) is 4.03. The Morgan fingerprint density at radius 3 is 2.87 bits per heavy atom. The first kappa shape index (κ1) is 12.9. The van der Waals surface area contributed by atoms with Crippen LogP contribution < -0.4 is 5.32 Å². The fourth-order valence-corrected chi connectivity index (χ4v) is 2.50. The molecule has 1 unspecified atom stereocenters. The van der Waals surface area contributed by atoms with Crippen molar-refractivity contribution in [3.8, 4) is 0 Å². The third kappa shape index (κ3) is 5.49. The van der Waals surface area contributed by atoms with Gasteiger partial charge in [-0.25, -0.2) is 8.42 Å². The average molecular weight is 235 g/mol. The molecule has 0 aromatic rings. The topological polar surface area (TPSA) is 55.4 Å². The Balaban J connectivity index is 1.97. The van der Waals surface area contributed by atoms with Crippen molar-refractivity contribution < 1.29 is 13.2 Å². The highest BCUT2D eigenvalue weighted by atomic mass is 32.2. The van der Waals surface area contributed by atoms with Crippen molar-refractivity contribution in [2.75, 3.05) is 31.3 Å². The number of ether oxygens (including phenoxy) is 1. The number of rotatable bonds is 7. The van der Waals surface area contributed by atoms with Crippen LogP contribution in [-0.2, 0) is 14.6 Å². The predicted molar refractivity (Wildman–Crippen MR) is 60.8 cm³/mol. The van der Waals surface area contributed by atoms with E-state index in [1.54, 1.807) is 6.92 Å². The van der Waals surface area contributed by atoms with E-state index in [4.69, 9.17) is 4.74 Å². The lowest BCUT2D eigenvalue weighted by Gasteiger charge is -2.10. The van der Waals surface area contributed by atoms with Gasteiger partial charge in [-0.3, -0.25) is 0 Å². The number of nitrogens with one attached hydrogen (secondary N) is 1. The van der Waals surface area contributed by atoms with Gasteiger partial charge in [-0.1, -0.05) is 6.92 Å². The minimum absolute atomic E-state index is 0.233. The third-order valence-corrected chi connectivity index (χ3v) is 4.46. The van der Waals surface area contributed by atoms with Crippen LogP contribution >= 0.6 is 0 Å². The molecule has 1 heterocycles. The molecule has 1 aliphatic rings. The summed E-state index contributed by atoms with van der Waals surface area (Å²) >= 11 is 0. The second-order valence-corrected chi connectivity index (χ2v) is 6.43. The summed E-state index contributed by atoms with van der Waals surface area (Å²) < 4.78 is 27.7. The van der Waals surface area contributed by atoms with Crippen LogP contribution in [-0.4, -0.2) is 45.7 Å². The monoisotopic (exact) mass is 235 g/mol. The Morgan fingerprint density at radius 1 is 1.47 bits per heavy atom. The molecule has 0 amide bonds. The van der Waals surface area contributed by atoms with E-state index in [0.717, 1.165) is 6.54 Å². The van der Waals surface area contributed by atoms with E-state index in [9.17, 15) is 8.42 Å². The molecule has 1 fully saturated rings. The molecule has 1 N–H and O–H groups in total. The fraction of sp³-hybridized carbons (Fsp3) is 1.00. The van der Waals surface area contributed by atoms with Gasteiger partial charge in [0.05, 0.1) is 12.4 Å². The number of hydrogen-bond acceptors (Lipinski definition) is 4. The molecule has 90 valence electrons.